The van der Waals surface area contributed by atoms with E-state index >= 15 is 0 Å². The highest BCUT2D eigenvalue weighted by molar-refractivity contribution is 6.39. The minimum Gasteiger partial charge on any atom is -0.387 e. The van der Waals surface area contributed by atoms with Crippen molar-refractivity contribution < 1.29 is 14.7 Å². The maximum atomic E-state index is 12.1. The Balaban J connectivity index is 1.57. The fraction of sp³-hybridized carbons (Fsp3) is 0.333. The lowest BCUT2D eigenvalue weighted by Crippen LogP contribution is -2.37. The number of benzene rings is 2. The lowest BCUT2D eigenvalue weighted by atomic mass is 10.0. The van der Waals surface area contributed by atoms with E-state index in [2.05, 4.69) is 15.5 Å². The van der Waals surface area contributed by atoms with Gasteiger partial charge in [0, 0.05) is 31.5 Å². The number of carbonyl (C=O) groups excluding carboxylic acids is 2. The van der Waals surface area contributed by atoms with Gasteiger partial charge in [0.05, 0.1) is 6.10 Å². The summed E-state index contributed by atoms with van der Waals surface area (Å²) in [6, 6.07) is 11.3. The summed E-state index contributed by atoms with van der Waals surface area (Å²) in [5.41, 5.74) is 5.65. The molecule has 2 amide bonds. The first-order valence-electron chi connectivity index (χ1n) is 9.04. The number of rotatable bonds is 4. The van der Waals surface area contributed by atoms with E-state index in [1.165, 1.54) is 11.3 Å². The Kier molecular flexibility index (Phi) is 5.46. The molecule has 6 nitrogen and oxygen atoms in total. The van der Waals surface area contributed by atoms with E-state index < -0.39 is 17.9 Å². The number of aliphatic hydroxyl groups is 1. The second-order valence-corrected chi connectivity index (χ2v) is 6.99. The van der Waals surface area contributed by atoms with Gasteiger partial charge < -0.3 is 20.6 Å². The predicted octanol–water partition coefficient (Wildman–Crippen LogP) is 2.08. The van der Waals surface area contributed by atoms with E-state index in [1.807, 2.05) is 51.2 Å². The summed E-state index contributed by atoms with van der Waals surface area (Å²) in [5.74, 6) is -1.51. The van der Waals surface area contributed by atoms with Gasteiger partial charge in [-0.15, -0.1) is 0 Å². The van der Waals surface area contributed by atoms with Crippen molar-refractivity contribution in [3.63, 3.8) is 0 Å². The zero-order valence-corrected chi connectivity index (χ0v) is 15.9. The maximum Gasteiger partial charge on any atom is 0.313 e. The van der Waals surface area contributed by atoms with Crippen LogP contribution in [0.5, 0.6) is 0 Å². The molecule has 1 unspecified atom stereocenters. The van der Waals surface area contributed by atoms with Gasteiger partial charge in [0.1, 0.15) is 0 Å². The fourth-order valence-corrected chi connectivity index (χ4v) is 3.25. The van der Waals surface area contributed by atoms with E-state index in [0.717, 1.165) is 29.7 Å². The van der Waals surface area contributed by atoms with Crippen LogP contribution < -0.4 is 15.5 Å². The van der Waals surface area contributed by atoms with Crippen LogP contribution in [0.4, 0.5) is 11.4 Å². The molecule has 0 saturated heterocycles. The first-order valence-corrected chi connectivity index (χ1v) is 9.04. The Morgan fingerprint density at radius 2 is 1.96 bits per heavy atom. The molecule has 3 N–H and O–H groups in total. The largest absolute Gasteiger partial charge is 0.387 e. The molecule has 2 aromatic rings. The summed E-state index contributed by atoms with van der Waals surface area (Å²) in [6.07, 6.45) is 0.0791. The third-order valence-corrected chi connectivity index (χ3v) is 5.13. The number of nitrogens with one attached hydrogen (secondary N) is 2. The van der Waals surface area contributed by atoms with Crippen LogP contribution in [0.3, 0.4) is 0 Å². The number of anilines is 2. The minimum atomic E-state index is -0.862. The van der Waals surface area contributed by atoms with Gasteiger partial charge in [-0.2, -0.15) is 0 Å². The summed E-state index contributed by atoms with van der Waals surface area (Å²) in [5, 5.41) is 15.5. The van der Waals surface area contributed by atoms with Crippen molar-refractivity contribution in [1.82, 2.24) is 5.32 Å². The Morgan fingerprint density at radius 1 is 1.19 bits per heavy atom. The van der Waals surface area contributed by atoms with Crippen LogP contribution in [0.25, 0.3) is 0 Å². The van der Waals surface area contributed by atoms with Gasteiger partial charge in [0.25, 0.3) is 0 Å². The summed E-state index contributed by atoms with van der Waals surface area (Å²) in [4.78, 5) is 26.3. The normalized spacial score (nSPS) is 13.9. The topological polar surface area (TPSA) is 81.7 Å². The van der Waals surface area contributed by atoms with Crippen LogP contribution in [-0.2, 0) is 16.0 Å². The van der Waals surface area contributed by atoms with E-state index in [4.69, 9.17) is 0 Å². The molecule has 0 radical (unpaired) electrons. The summed E-state index contributed by atoms with van der Waals surface area (Å²) < 4.78 is 0. The van der Waals surface area contributed by atoms with Crippen LogP contribution in [0.1, 0.15) is 28.4 Å². The second kappa shape index (κ2) is 7.80. The molecule has 1 aliphatic heterocycles. The Bertz CT molecular complexity index is 879. The number of carbonyl (C=O) groups is 2. The molecule has 0 spiro atoms. The van der Waals surface area contributed by atoms with Crippen molar-refractivity contribution in [3.8, 4) is 0 Å². The zero-order valence-electron chi connectivity index (χ0n) is 15.9. The lowest BCUT2D eigenvalue weighted by molar-refractivity contribution is -0.136. The van der Waals surface area contributed by atoms with Crippen molar-refractivity contribution >= 4 is 23.2 Å². The Morgan fingerprint density at radius 3 is 2.74 bits per heavy atom. The van der Waals surface area contributed by atoms with Crippen molar-refractivity contribution in [3.05, 3.63) is 58.7 Å². The van der Waals surface area contributed by atoms with Gasteiger partial charge in [0.15, 0.2) is 0 Å². The average molecular weight is 367 g/mol. The third kappa shape index (κ3) is 4.11. The quantitative estimate of drug-likeness (QED) is 0.723. The van der Waals surface area contributed by atoms with Gasteiger partial charge >= 0.3 is 11.8 Å². The number of amides is 2. The number of fused-ring (bicyclic) bond motifs is 1. The molecule has 0 fully saturated rings. The van der Waals surface area contributed by atoms with E-state index in [9.17, 15) is 14.7 Å². The molecular formula is C21H25N3O3. The zero-order chi connectivity index (χ0) is 19.6. The van der Waals surface area contributed by atoms with Crippen LogP contribution >= 0.6 is 0 Å². The van der Waals surface area contributed by atoms with Crippen LogP contribution in [0.15, 0.2) is 36.4 Å². The molecule has 0 saturated carbocycles. The molecule has 1 atom stereocenters. The summed E-state index contributed by atoms with van der Waals surface area (Å²) in [7, 11) is 2.04. The van der Waals surface area contributed by atoms with Crippen molar-refractivity contribution in [2.75, 3.05) is 30.4 Å². The van der Waals surface area contributed by atoms with Crippen LogP contribution in [0.2, 0.25) is 0 Å². The molecule has 1 aliphatic rings. The van der Waals surface area contributed by atoms with Gasteiger partial charge in [0.2, 0.25) is 0 Å². The standard InChI is InChI=1S/C21H25N3O3/c1-13-5-4-6-17(14(13)2)23-21(27)20(26)22-12-19(25)16-7-8-18-15(11-16)9-10-24(18)3/h4-8,11,19,25H,9-10,12H2,1-3H3,(H,22,26)(H,23,27). The molecule has 0 aromatic heterocycles. The van der Waals surface area contributed by atoms with E-state index in [-0.39, 0.29) is 6.54 Å². The molecule has 27 heavy (non-hydrogen) atoms. The number of aryl methyl sites for hydroxylation is 1. The highest BCUT2D eigenvalue weighted by atomic mass is 16.3. The lowest BCUT2D eigenvalue weighted by Gasteiger charge is -2.16. The van der Waals surface area contributed by atoms with Gasteiger partial charge in [-0.25, -0.2) is 0 Å². The molecule has 0 bridgehead atoms. The molecule has 1 heterocycles. The van der Waals surface area contributed by atoms with Crippen molar-refractivity contribution in [2.45, 2.75) is 26.4 Å². The molecule has 2 aromatic carbocycles. The highest BCUT2D eigenvalue weighted by Gasteiger charge is 2.20. The van der Waals surface area contributed by atoms with Crippen molar-refractivity contribution in [2.24, 2.45) is 0 Å². The van der Waals surface area contributed by atoms with Crippen molar-refractivity contribution in [1.29, 1.82) is 0 Å². The molecule has 6 heteroatoms. The monoisotopic (exact) mass is 367 g/mol. The predicted molar refractivity (Wildman–Crippen MR) is 106 cm³/mol. The molecule has 0 aliphatic carbocycles. The van der Waals surface area contributed by atoms with Crippen LogP contribution in [0, 0.1) is 13.8 Å². The smallest absolute Gasteiger partial charge is 0.313 e. The fourth-order valence-electron chi connectivity index (χ4n) is 3.25. The summed E-state index contributed by atoms with van der Waals surface area (Å²) >= 11 is 0. The van der Waals surface area contributed by atoms with Gasteiger partial charge in [-0.3, -0.25) is 9.59 Å². The number of hydrogen-bond donors (Lipinski definition) is 3. The second-order valence-electron chi connectivity index (χ2n) is 6.99. The first kappa shape index (κ1) is 18.9. The van der Waals surface area contributed by atoms with Crippen LogP contribution in [-0.4, -0.2) is 37.1 Å². The van der Waals surface area contributed by atoms with E-state index in [0.29, 0.717) is 5.69 Å². The minimum absolute atomic E-state index is 0.0202. The average Bonchev–Trinajstić information content (AvgIpc) is 3.03. The van der Waals surface area contributed by atoms with E-state index in [1.54, 1.807) is 6.07 Å². The number of likely N-dealkylation sites (N-methyl/N-ethyl adjacent to an activating group) is 1. The van der Waals surface area contributed by atoms with Gasteiger partial charge in [-0.05, 0) is 54.7 Å². The van der Waals surface area contributed by atoms with Gasteiger partial charge in [-0.1, -0.05) is 24.3 Å². The molecule has 142 valence electrons. The summed E-state index contributed by atoms with van der Waals surface area (Å²) in [6.45, 7) is 4.77. The number of aliphatic hydroxyl groups excluding tert-OH is 1. The molecule has 3 rings (SSSR count). The number of hydrogen-bond acceptors (Lipinski definition) is 4. The number of nitrogens with zero attached hydrogens (tertiary/aromatic N) is 1. The maximum absolute atomic E-state index is 12.1. The third-order valence-electron chi connectivity index (χ3n) is 5.13. The Labute approximate surface area is 159 Å². The highest BCUT2D eigenvalue weighted by Crippen LogP contribution is 2.29. The Hall–Kier alpha value is -2.86. The molecular weight excluding hydrogens is 342 g/mol. The first-order chi connectivity index (χ1) is 12.9. The SMILES string of the molecule is Cc1cccc(NC(=O)C(=O)NCC(O)c2ccc3c(c2)CCN3C)c1C.